The summed E-state index contributed by atoms with van der Waals surface area (Å²) < 4.78 is 26.0. The molecule has 36 heavy (non-hydrogen) atoms. The maximum atomic E-state index is 13.7. The third kappa shape index (κ3) is 3.62. The molecule has 6 rings (SSSR count). The second-order valence-electron chi connectivity index (χ2n) is 8.16. The number of rotatable bonds is 4. The lowest BCUT2D eigenvalue weighted by Crippen LogP contribution is -2.23. The van der Waals surface area contributed by atoms with Gasteiger partial charge in [-0.3, -0.25) is 9.36 Å². The van der Waals surface area contributed by atoms with Crippen molar-refractivity contribution in [3.05, 3.63) is 98.5 Å². The molecule has 0 radical (unpaired) electrons. The molecule has 0 fully saturated rings. The number of aromatic hydroxyl groups is 1. The fourth-order valence-corrected chi connectivity index (χ4v) is 4.82. The first kappa shape index (κ1) is 22.1. The Kier molecular flexibility index (Phi) is 5.11. The number of aryl methyl sites for hydroxylation is 1. The number of hydrogen-bond donors (Lipinski definition) is 1. The predicted molar refractivity (Wildman–Crippen MR) is 132 cm³/mol. The number of nitrogens with zero attached hydrogens (tertiary/aromatic N) is 3. The lowest BCUT2D eigenvalue weighted by molar-refractivity contribution is 0.443. The van der Waals surface area contributed by atoms with E-state index in [1.807, 2.05) is 0 Å². The van der Waals surface area contributed by atoms with Gasteiger partial charge in [0.05, 0.1) is 11.9 Å². The van der Waals surface area contributed by atoms with Crippen LogP contribution in [0, 0.1) is 12.7 Å². The molecule has 178 valence electrons. The lowest BCUT2D eigenvalue weighted by atomic mass is 10.1. The average Bonchev–Trinajstić information content (AvgIpc) is 3.28. The summed E-state index contributed by atoms with van der Waals surface area (Å²) in [6, 6.07) is 16.2. The number of benzene rings is 2. The first-order valence-electron chi connectivity index (χ1n) is 10.9. The van der Waals surface area contributed by atoms with Gasteiger partial charge >= 0.3 is 5.63 Å². The van der Waals surface area contributed by atoms with E-state index < -0.39 is 22.8 Å². The minimum atomic E-state index is -0.843. The van der Waals surface area contributed by atoms with E-state index in [0.29, 0.717) is 27.7 Å². The predicted octanol–water partition coefficient (Wildman–Crippen LogP) is 5.00. The van der Waals surface area contributed by atoms with Crippen LogP contribution in [0.2, 0.25) is 0 Å². The van der Waals surface area contributed by atoms with Gasteiger partial charge in [-0.15, -0.1) is 0 Å². The second-order valence-corrected chi connectivity index (χ2v) is 9.12. The van der Waals surface area contributed by atoms with Crippen molar-refractivity contribution in [1.29, 1.82) is 0 Å². The maximum Gasteiger partial charge on any atom is 0.354 e. The minimum Gasteiger partial charge on any atom is -0.505 e. The molecule has 0 aliphatic rings. The van der Waals surface area contributed by atoms with Crippen LogP contribution >= 0.6 is 11.8 Å². The molecule has 0 bridgehead atoms. The molecular weight excluding hydrogens is 485 g/mol. The monoisotopic (exact) mass is 501 g/mol. The normalized spacial score (nSPS) is 11.6. The van der Waals surface area contributed by atoms with E-state index in [1.54, 1.807) is 55.5 Å². The van der Waals surface area contributed by atoms with Crippen LogP contribution in [-0.2, 0) is 6.54 Å². The van der Waals surface area contributed by atoms with Crippen molar-refractivity contribution in [2.45, 2.75) is 23.6 Å². The van der Waals surface area contributed by atoms with Crippen molar-refractivity contribution in [2.75, 3.05) is 0 Å². The Balaban J connectivity index is 1.59. The molecule has 0 saturated heterocycles. The molecule has 0 atom stereocenters. The zero-order chi connectivity index (χ0) is 25.0. The Hall–Kier alpha value is -4.44. The van der Waals surface area contributed by atoms with Crippen molar-refractivity contribution in [3.63, 3.8) is 0 Å². The van der Waals surface area contributed by atoms with Crippen LogP contribution < -0.4 is 11.2 Å². The smallest absolute Gasteiger partial charge is 0.354 e. The van der Waals surface area contributed by atoms with E-state index in [2.05, 4.69) is 9.97 Å². The molecule has 0 spiro atoms. The fraction of sp³-hybridized carbons (Fsp3) is 0.0769. The van der Waals surface area contributed by atoms with Gasteiger partial charge < -0.3 is 13.9 Å². The van der Waals surface area contributed by atoms with Gasteiger partial charge in [0.1, 0.15) is 27.3 Å². The van der Waals surface area contributed by atoms with Crippen LogP contribution in [0.4, 0.5) is 4.39 Å². The van der Waals surface area contributed by atoms with Gasteiger partial charge in [0.15, 0.2) is 16.9 Å². The maximum absolute atomic E-state index is 13.7. The highest BCUT2D eigenvalue weighted by Gasteiger charge is 2.24. The summed E-state index contributed by atoms with van der Waals surface area (Å²) in [6.45, 7) is 1.83. The van der Waals surface area contributed by atoms with Crippen LogP contribution in [0.1, 0.15) is 11.3 Å². The van der Waals surface area contributed by atoms with Gasteiger partial charge in [0.2, 0.25) is 0 Å². The van der Waals surface area contributed by atoms with Gasteiger partial charge in [-0.25, -0.2) is 19.2 Å². The number of fused-ring (bicyclic) bond motifs is 4. The van der Waals surface area contributed by atoms with Crippen LogP contribution in [-0.4, -0.2) is 19.6 Å². The first-order valence-corrected chi connectivity index (χ1v) is 11.7. The van der Waals surface area contributed by atoms with Gasteiger partial charge in [-0.2, -0.15) is 0 Å². The lowest BCUT2D eigenvalue weighted by Gasteiger charge is -2.13. The van der Waals surface area contributed by atoms with Crippen LogP contribution in [0.25, 0.3) is 33.1 Å². The van der Waals surface area contributed by atoms with Crippen molar-refractivity contribution in [3.8, 4) is 5.75 Å². The van der Waals surface area contributed by atoms with Crippen LogP contribution in [0.3, 0.4) is 0 Å². The molecule has 0 aliphatic heterocycles. The largest absolute Gasteiger partial charge is 0.505 e. The Morgan fingerprint density at radius 2 is 1.78 bits per heavy atom. The SMILES string of the molecule is Cc1ccc2c3oc(=O)c(Sc4nc5ccccc5o4)c(O)c3c(=O)n(Cc3ccc(F)cc3)c2n1. The third-order valence-corrected chi connectivity index (χ3v) is 6.66. The van der Waals surface area contributed by atoms with Gasteiger partial charge in [-0.05, 0) is 60.6 Å². The van der Waals surface area contributed by atoms with E-state index in [4.69, 9.17) is 8.83 Å². The molecule has 0 unspecified atom stereocenters. The van der Waals surface area contributed by atoms with Gasteiger partial charge in [-0.1, -0.05) is 24.3 Å². The van der Waals surface area contributed by atoms with Crippen molar-refractivity contribution in [1.82, 2.24) is 14.5 Å². The van der Waals surface area contributed by atoms with E-state index in [-0.39, 0.29) is 33.3 Å². The number of halogens is 1. The van der Waals surface area contributed by atoms with Crippen LogP contribution in [0.15, 0.2) is 89.2 Å². The Morgan fingerprint density at radius 3 is 2.56 bits per heavy atom. The van der Waals surface area contributed by atoms with E-state index in [9.17, 15) is 19.1 Å². The zero-order valence-electron chi connectivity index (χ0n) is 18.7. The van der Waals surface area contributed by atoms with Crippen molar-refractivity contribution >= 4 is 44.9 Å². The minimum absolute atomic E-state index is 0.0637. The summed E-state index contributed by atoms with van der Waals surface area (Å²) >= 11 is 0.770. The topological polar surface area (TPSA) is 111 Å². The molecule has 8 nitrogen and oxygen atoms in total. The number of oxazole rings is 1. The molecule has 0 aliphatic carbocycles. The first-order chi connectivity index (χ1) is 17.4. The highest BCUT2D eigenvalue weighted by Crippen LogP contribution is 2.37. The van der Waals surface area contributed by atoms with Gasteiger partial charge in [0, 0.05) is 5.69 Å². The second kappa shape index (κ2) is 8.35. The summed E-state index contributed by atoms with van der Waals surface area (Å²) in [4.78, 5) is 35.2. The molecule has 2 aromatic carbocycles. The number of hydrogen-bond acceptors (Lipinski definition) is 8. The summed E-state index contributed by atoms with van der Waals surface area (Å²) in [5, 5.41) is 11.5. The number of para-hydroxylation sites is 2. The molecule has 0 saturated carbocycles. The highest BCUT2D eigenvalue weighted by atomic mass is 32.2. The molecule has 10 heteroatoms. The van der Waals surface area contributed by atoms with Crippen molar-refractivity contribution < 1.29 is 18.3 Å². The van der Waals surface area contributed by atoms with Crippen molar-refractivity contribution in [2.24, 2.45) is 0 Å². The summed E-state index contributed by atoms with van der Waals surface area (Å²) in [5.74, 6) is -0.933. The molecular formula is C26H16FN3O5S. The highest BCUT2D eigenvalue weighted by molar-refractivity contribution is 7.99. The summed E-state index contributed by atoms with van der Waals surface area (Å²) in [7, 11) is 0. The number of aromatic nitrogens is 3. The van der Waals surface area contributed by atoms with E-state index >= 15 is 0 Å². The Labute approximate surface area is 205 Å². The number of pyridine rings is 2. The molecule has 6 aromatic rings. The molecule has 4 heterocycles. The van der Waals surface area contributed by atoms with Gasteiger partial charge in [0.25, 0.3) is 10.8 Å². The molecule has 0 amide bonds. The van der Waals surface area contributed by atoms with Crippen LogP contribution in [0.5, 0.6) is 5.75 Å². The average molecular weight is 501 g/mol. The van der Waals surface area contributed by atoms with E-state index in [1.165, 1.54) is 16.7 Å². The van der Waals surface area contributed by atoms with E-state index in [0.717, 1.165) is 11.8 Å². The third-order valence-electron chi connectivity index (χ3n) is 5.75. The molecule has 4 aromatic heterocycles. The Morgan fingerprint density at radius 1 is 1.00 bits per heavy atom. The molecule has 1 N–H and O–H groups in total. The summed E-state index contributed by atoms with van der Waals surface area (Å²) in [6.07, 6.45) is 0. The Bertz CT molecular complexity index is 1890. The summed E-state index contributed by atoms with van der Waals surface area (Å²) in [5.41, 5.74) is 1.15. The quantitative estimate of drug-likeness (QED) is 0.336. The standard InChI is InChI=1S/C26H16FN3O5S/c1-13-6-11-16-21-19(24(32)30(23(16)28-13)12-14-7-9-15(27)10-8-14)20(31)22(25(33)35-21)36-26-29-17-4-2-3-5-18(17)34-26/h2-11,31H,12H2,1H3. The zero-order valence-corrected chi connectivity index (χ0v) is 19.5. The fourth-order valence-electron chi connectivity index (χ4n) is 4.04.